The molecule has 6 heteroatoms. The SMILES string of the molecule is CN1C(=O)CCN(C(=O)c2coc(C3CCC3)n2)c2ccccc21. The molecule has 1 saturated carbocycles. The van der Waals surface area contributed by atoms with Crippen LogP contribution in [0.4, 0.5) is 11.4 Å². The van der Waals surface area contributed by atoms with Crippen molar-refractivity contribution in [3.8, 4) is 0 Å². The van der Waals surface area contributed by atoms with Gasteiger partial charge in [-0.3, -0.25) is 9.59 Å². The normalized spacial score (nSPS) is 18.1. The minimum atomic E-state index is -0.222. The fourth-order valence-corrected chi connectivity index (χ4v) is 3.18. The number of hydrogen-bond donors (Lipinski definition) is 0. The molecule has 0 N–H and O–H groups in total. The number of nitrogens with zero attached hydrogens (tertiary/aromatic N) is 3. The van der Waals surface area contributed by atoms with Crippen LogP contribution in [0.2, 0.25) is 0 Å². The molecule has 1 fully saturated rings. The molecular weight excluding hydrogens is 306 g/mol. The molecule has 24 heavy (non-hydrogen) atoms. The molecule has 2 aliphatic rings. The number of rotatable bonds is 2. The first kappa shape index (κ1) is 14.9. The zero-order valence-corrected chi connectivity index (χ0v) is 13.6. The fourth-order valence-electron chi connectivity index (χ4n) is 3.18. The molecule has 0 spiro atoms. The van der Waals surface area contributed by atoms with Crippen molar-refractivity contribution in [2.75, 3.05) is 23.4 Å². The van der Waals surface area contributed by atoms with Gasteiger partial charge in [0.15, 0.2) is 11.6 Å². The lowest BCUT2D eigenvalue weighted by atomic mass is 9.85. The topological polar surface area (TPSA) is 66.7 Å². The lowest BCUT2D eigenvalue weighted by Crippen LogP contribution is -2.32. The summed E-state index contributed by atoms with van der Waals surface area (Å²) >= 11 is 0. The molecule has 1 aromatic carbocycles. The Balaban J connectivity index is 1.67. The Kier molecular flexibility index (Phi) is 3.59. The molecule has 6 nitrogen and oxygen atoms in total. The van der Waals surface area contributed by atoms with Crippen molar-refractivity contribution in [3.63, 3.8) is 0 Å². The van der Waals surface area contributed by atoms with Crippen LogP contribution in [0.5, 0.6) is 0 Å². The van der Waals surface area contributed by atoms with Crippen molar-refractivity contribution in [2.45, 2.75) is 31.6 Å². The number of hydrogen-bond acceptors (Lipinski definition) is 4. The van der Waals surface area contributed by atoms with E-state index in [9.17, 15) is 9.59 Å². The Morgan fingerprint density at radius 3 is 2.71 bits per heavy atom. The number of oxazole rings is 1. The number of benzene rings is 1. The minimum Gasteiger partial charge on any atom is -0.448 e. The fraction of sp³-hybridized carbons (Fsp3) is 0.389. The predicted octanol–water partition coefficient (Wildman–Crippen LogP) is 2.96. The van der Waals surface area contributed by atoms with Crippen molar-refractivity contribution < 1.29 is 14.0 Å². The molecule has 0 bridgehead atoms. The van der Waals surface area contributed by atoms with Crippen LogP contribution in [-0.2, 0) is 4.79 Å². The summed E-state index contributed by atoms with van der Waals surface area (Å²) in [5, 5.41) is 0. The second-order valence-corrected chi connectivity index (χ2v) is 6.35. The summed E-state index contributed by atoms with van der Waals surface area (Å²) in [6.45, 7) is 0.338. The zero-order chi connectivity index (χ0) is 16.7. The van der Waals surface area contributed by atoms with Gasteiger partial charge >= 0.3 is 0 Å². The monoisotopic (exact) mass is 325 g/mol. The highest BCUT2D eigenvalue weighted by Gasteiger charge is 2.31. The van der Waals surface area contributed by atoms with Crippen LogP contribution < -0.4 is 9.80 Å². The van der Waals surface area contributed by atoms with Crippen molar-refractivity contribution in [3.05, 3.63) is 42.1 Å². The minimum absolute atomic E-state index is 0.00643. The van der Waals surface area contributed by atoms with Crippen molar-refractivity contribution in [1.82, 2.24) is 4.98 Å². The molecule has 0 atom stereocenters. The van der Waals surface area contributed by atoms with E-state index in [-0.39, 0.29) is 18.2 Å². The first-order valence-electron chi connectivity index (χ1n) is 8.28. The maximum Gasteiger partial charge on any atom is 0.280 e. The Labute approximate surface area is 140 Å². The molecule has 124 valence electrons. The standard InChI is InChI=1S/C18H19N3O3/c1-20-14-7-2-3-8-15(14)21(10-9-16(20)22)18(23)13-11-24-17(19-13)12-5-4-6-12/h2-3,7-8,11-12H,4-6,9-10H2,1H3. The Hall–Kier alpha value is -2.63. The largest absolute Gasteiger partial charge is 0.448 e. The summed E-state index contributed by atoms with van der Waals surface area (Å²) in [6.07, 6.45) is 5.05. The number of aromatic nitrogens is 1. The van der Waals surface area contributed by atoms with Crippen LogP contribution in [0.1, 0.15) is 48.0 Å². The van der Waals surface area contributed by atoms with Gasteiger partial charge in [-0.2, -0.15) is 0 Å². The van der Waals surface area contributed by atoms with Gasteiger partial charge in [0, 0.05) is 25.9 Å². The summed E-state index contributed by atoms with van der Waals surface area (Å²) in [5.74, 6) is 0.768. The second-order valence-electron chi connectivity index (χ2n) is 6.35. The quantitative estimate of drug-likeness (QED) is 0.851. The summed E-state index contributed by atoms with van der Waals surface area (Å²) in [6, 6.07) is 7.43. The Morgan fingerprint density at radius 2 is 2.00 bits per heavy atom. The van der Waals surface area contributed by atoms with Crippen LogP contribution in [0.25, 0.3) is 0 Å². The van der Waals surface area contributed by atoms with E-state index in [1.165, 1.54) is 12.7 Å². The first-order valence-corrected chi connectivity index (χ1v) is 8.28. The zero-order valence-electron chi connectivity index (χ0n) is 13.6. The van der Waals surface area contributed by atoms with Crippen molar-refractivity contribution in [2.24, 2.45) is 0 Å². The molecule has 0 unspecified atom stereocenters. The highest BCUT2D eigenvalue weighted by molar-refractivity contribution is 6.10. The average Bonchev–Trinajstić information content (AvgIpc) is 2.97. The van der Waals surface area contributed by atoms with Gasteiger partial charge in [0.1, 0.15) is 6.26 Å². The molecule has 2 heterocycles. The highest BCUT2D eigenvalue weighted by atomic mass is 16.3. The smallest absolute Gasteiger partial charge is 0.280 e. The third kappa shape index (κ3) is 2.38. The van der Waals surface area contributed by atoms with Crippen LogP contribution in [-0.4, -0.2) is 30.4 Å². The number of amides is 2. The number of fused-ring (bicyclic) bond motifs is 1. The molecular formula is C18H19N3O3. The highest BCUT2D eigenvalue weighted by Crippen LogP contribution is 2.36. The number of carbonyl (C=O) groups is 2. The van der Waals surface area contributed by atoms with Gasteiger partial charge in [0.2, 0.25) is 5.91 Å². The Morgan fingerprint density at radius 1 is 1.25 bits per heavy atom. The Bertz CT molecular complexity index is 794. The molecule has 1 aliphatic heterocycles. The van der Waals surface area contributed by atoms with E-state index in [4.69, 9.17) is 4.42 Å². The van der Waals surface area contributed by atoms with Crippen LogP contribution in [0.15, 0.2) is 34.9 Å². The van der Waals surface area contributed by atoms with Crippen LogP contribution in [0.3, 0.4) is 0 Å². The van der Waals surface area contributed by atoms with Gasteiger partial charge in [-0.1, -0.05) is 18.6 Å². The second kappa shape index (κ2) is 5.78. The molecule has 2 aromatic rings. The molecule has 2 amide bonds. The van der Waals surface area contributed by atoms with Crippen molar-refractivity contribution >= 4 is 23.2 Å². The molecule has 1 aliphatic carbocycles. The van der Waals surface area contributed by atoms with Gasteiger partial charge in [-0.15, -0.1) is 0 Å². The number of carbonyl (C=O) groups excluding carboxylic acids is 2. The van der Waals surface area contributed by atoms with Crippen LogP contribution in [0, 0.1) is 0 Å². The molecule has 4 rings (SSSR count). The van der Waals surface area contributed by atoms with Gasteiger partial charge < -0.3 is 14.2 Å². The number of para-hydroxylation sites is 2. The maximum atomic E-state index is 12.9. The predicted molar refractivity (Wildman–Crippen MR) is 89.2 cm³/mol. The van der Waals surface area contributed by atoms with Gasteiger partial charge in [0.05, 0.1) is 11.4 Å². The van der Waals surface area contributed by atoms with E-state index < -0.39 is 0 Å². The summed E-state index contributed by atoms with van der Waals surface area (Å²) in [4.78, 5) is 32.7. The summed E-state index contributed by atoms with van der Waals surface area (Å²) < 4.78 is 5.51. The van der Waals surface area contributed by atoms with Gasteiger partial charge in [0.25, 0.3) is 5.91 Å². The number of anilines is 2. The van der Waals surface area contributed by atoms with Crippen LogP contribution >= 0.6 is 0 Å². The van der Waals surface area contributed by atoms with E-state index in [1.807, 2.05) is 24.3 Å². The van der Waals surface area contributed by atoms with E-state index in [1.54, 1.807) is 16.8 Å². The van der Waals surface area contributed by atoms with E-state index in [0.717, 1.165) is 24.2 Å². The van der Waals surface area contributed by atoms with Gasteiger partial charge in [-0.25, -0.2) is 4.98 Å². The first-order chi connectivity index (χ1) is 11.6. The van der Waals surface area contributed by atoms with E-state index >= 15 is 0 Å². The summed E-state index contributed by atoms with van der Waals surface area (Å²) in [5.41, 5.74) is 1.77. The lowest BCUT2D eigenvalue weighted by molar-refractivity contribution is -0.118. The van der Waals surface area contributed by atoms with E-state index in [0.29, 0.717) is 24.0 Å². The third-order valence-corrected chi connectivity index (χ3v) is 4.90. The average molecular weight is 325 g/mol. The molecule has 0 saturated heterocycles. The lowest BCUT2D eigenvalue weighted by Gasteiger charge is -2.23. The molecule has 1 aromatic heterocycles. The van der Waals surface area contributed by atoms with Crippen molar-refractivity contribution in [1.29, 1.82) is 0 Å². The molecule has 0 radical (unpaired) electrons. The third-order valence-electron chi connectivity index (χ3n) is 4.90. The summed E-state index contributed by atoms with van der Waals surface area (Å²) in [7, 11) is 1.74. The van der Waals surface area contributed by atoms with E-state index in [2.05, 4.69) is 4.98 Å². The maximum absolute atomic E-state index is 12.9. The van der Waals surface area contributed by atoms with Gasteiger partial charge in [-0.05, 0) is 25.0 Å².